The normalized spacial score (nSPS) is 11.9. The van der Waals surface area contributed by atoms with Crippen LogP contribution in [0, 0.1) is 5.92 Å². The number of aromatic nitrogens is 3. The molecule has 0 bridgehead atoms. The van der Waals surface area contributed by atoms with Crippen molar-refractivity contribution in [3.8, 4) is 17.1 Å². The van der Waals surface area contributed by atoms with Gasteiger partial charge in [0.15, 0.2) is 5.82 Å². The van der Waals surface area contributed by atoms with Gasteiger partial charge < -0.3 is 14.8 Å². The molecule has 27 heavy (non-hydrogen) atoms. The van der Waals surface area contributed by atoms with E-state index in [4.69, 9.17) is 9.47 Å². The summed E-state index contributed by atoms with van der Waals surface area (Å²) in [7, 11) is 2.92. The van der Waals surface area contributed by atoms with E-state index >= 15 is 0 Å². The summed E-state index contributed by atoms with van der Waals surface area (Å²) < 4.78 is 9.87. The van der Waals surface area contributed by atoms with E-state index in [0.717, 1.165) is 11.3 Å². The van der Waals surface area contributed by atoms with Crippen LogP contribution in [0.1, 0.15) is 20.3 Å². The van der Waals surface area contributed by atoms with Crippen LogP contribution in [0.2, 0.25) is 0 Å². The number of methoxy groups -OCH3 is 2. The van der Waals surface area contributed by atoms with Crippen LogP contribution >= 0.6 is 11.8 Å². The lowest BCUT2D eigenvalue weighted by atomic mass is 10.0. The zero-order valence-electron chi connectivity index (χ0n) is 15.8. The van der Waals surface area contributed by atoms with Gasteiger partial charge in [-0.25, -0.2) is 9.78 Å². The Labute approximate surface area is 162 Å². The molecular formula is C18H24N4O4S. The molecule has 0 radical (unpaired) electrons. The number of nitrogens with zero attached hydrogens (tertiary/aromatic N) is 2. The van der Waals surface area contributed by atoms with Crippen LogP contribution in [-0.4, -0.2) is 53.1 Å². The van der Waals surface area contributed by atoms with Gasteiger partial charge >= 0.3 is 5.97 Å². The molecule has 0 aliphatic carbocycles. The van der Waals surface area contributed by atoms with Gasteiger partial charge in [0.05, 0.1) is 20.0 Å². The number of carbonyl (C=O) groups excluding carboxylic acids is 2. The van der Waals surface area contributed by atoms with Crippen molar-refractivity contribution >= 4 is 23.6 Å². The van der Waals surface area contributed by atoms with E-state index in [1.54, 1.807) is 7.11 Å². The lowest BCUT2D eigenvalue weighted by Gasteiger charge is -2.17. The first-order valence-corrected chi connectivity index (χ1v) is 9.48. The number of thioether (sulfide) groups is 1. The minimum Gasteiger partial charge on any atom is -0.497 e. The maximum Gasteiger partial charge on any atom is 0.328 e. The largest absolute Gasteiger partial charge is 0.497 e. The lowest BCUT2D eigenvalue weighted by molar-refractivity contribution is -0.145. The van der Waals surface area contributed by atoms with Crippen molar-refractivity contribution < 1.29 is 19.1 Å². The molecule has 0 aliphatic heterocycles. The molecule has 146 valence electrons. The summed E-state index contributed by atoms with van der Waals surface area (Å²) in [6.07, 6.45) is 0.519. The van der Waals surface area contributed by atoms with Gasteiger partial charge in [-0.3, -0.25) is 9.89 Å². The first-order chi connectivity index (χ1) is 12.9. The van der Waals surface area contributed by atoms with Gasteiger partial charge in [-0.2, -0.15) is 0 Å². The van der Waals surface area contributed by atoms with Crippen LogP contribution in [0.15, 0.2) is 29.4 Å². The lowest BCUT2D eigenvalue weighted by Crippen LogP contribution is -2.43. The van der Waals surface area contributed by atoms with E-state index in [0.29, 0.717) is 17.4 Å². The fourth-order valence-corrected chi connectivity index (χ4v) is 2.99. The first-order valence-electron chi connectivity index (χ1n) is 8.49. The number of esters is 1. The average molecular weight is 392 g/mol. The maximum absolute atomic E-state index is 12.2. The molecule has 1 aromatic carbocycles. The van der Waals surface area contributed by atoms with Gasteiger partial charge in [-0.1, -0.05) is 25.6 Å². The van der Waals surface area contributed by atoms with Gasteiger partial charge in [0.1, 0.15) is 11.8 Å². The molecule has 2 N–H and O–H groups in total. The molecular weight excluding hydrogens is 368 g/mol. The fourth-order valence-electron chi connectivity index (χ4n) is 2.38. The molecule has 2 aromatic rings. The van der Waals surface area contributed by atoms with Crippen molar-refractivity contribution in [2.24, 2.45) is 5.92 Å². The molecule has 1 aromatic heterocycles. The second-order valence-electron chi connectivity index (χ2n) is 6.26. The van der Waals surface area contributed by atoms with E-state index in [2.05, 4.69) is 20.5 Å². The Kier molecular flexibility index (Phi) is 7.66. The second-order valence-corrected chi connectivity index (χ2v) is 7.20. The van der Waals surface area contributed by atoms with Crippen LogP contribution in [0.4, 0.5) is 0 Å². The summed E-state index contributed by atoms with van der Waals surface area (Å²) in [5.41, 5.74) is 0.863. The summed E-state index contributed by atoms with van der Waals surface area (Å²) in [4.78, 5) is 28.3. The van der Waals surface area contributed by atoms with Gasteiger partial charge in [0.2, 0.25) is 11.1 Å². The van der Waals surface area contributed by atoms with Crippen LogP contribution in [-0.2, 0) is 14.3 Å². The van der Waals surface area contributed by atoms with Gasteiger partial charge in [-0.15, -0.1) is 5.10 Å². The predicted molar refractivity (Wildman–Crippen MR) is 102 cm³/mol. The summed E-state index contributed by atoms with van der Waals surface area (Å²) in [6.45, 7) is 3.95. The Balaban J connectivity index is 1.91. The van der Waals surface area contributed by atoms with Crippen molar-refractivity contribution in [3.63, 3.8) is 0 Å². The first kappa shape index (κ1) is 20.8. The van der Waals surface area contributed by atoms with E-state index < -0.39 is 12.0 Å². The Hall–Kier alpha value is -2.55. The average Bonchev–Trinajstić information content (AvgIpc) is 3.14. The summed E-state index contributed by atoms with van der Waals surface area (Å²) in [5.74, 6) is 1.00. The molecule has 1 amide bonds. The number of nitrogens with one attached hydrogen (secondary N) is 2. The van der Waals surface area contributed by atoms with E-state index in [9.17, 15) is 9.59 Å². The van der Waals surface area contributed by atoms with Gasteiger partial charge in [0.25, 0.3) is 0 Å². The molecule has 2 rings (SSSR count). The minimum absolute atomic E-state index is 0.103. The monoisotopic (exact) mass is 392 g/mol. The Morgan fingerprint density at radius 3 is 2.52 bits per heavy atom. The zero-order chi connectivity index (χ0) is 19.8. The Morgan fingerprint density at radius 2 is 1.93 bits per heavy atom. The number of hydrogen-bond donors (Lipinski definition) is 2. The molecule has 1 atom stereocenters. The van der Waals surface area contributed by atoms with Crippen molar-refractivity contribution in [2.45, 2.75) is 31.5 Å². The SMILES string of the molecule is COC(=O)[C@@H](CC(C)C)NC(=O)CSc1n[nH]c(-c2ccc(OC)cc2)n1. The van der Waals surface area contributed by atoms with Crippen molar-refractivity contribution in [2.75, 3.05) is 20.0 Å². The topological polar surface area (TPSA) is 106 Å². The number of benzene rings is 1. The quantitative estimate of drug-likeness (QED) is 0.498. The summed E-state index contributed by atoms with van der Waals surface area (Å²) in [6, 6.07) is 6.76. The number of rotatable bonds is 9. The maximum atomic E-state index is 12.2. The molecule has 0 fully saturated rings. The fraction of sp³-hybridized carbons (Fsp3) is 0.444. The molecule has 0 spiro atoms. The highest BCUT2D eigenvalue weighted by atomic mass is 32.2. The van der Waals surface area contributed by atoms with Crippen LogP contribution in [0.3, 0.4) is 0 Å². The van der Waals surface area contributed by atoms with E-state index in [1.807, 2.05) is 38.1 Å². The van der Waals surface area contributed by atoms with Crippen LogP contribution in [0.5, 0.6) is 5.75 Å². The number of hydrogen-bond acceptors (Lipinski definition) is 7. The number of amides is 1. The Morgan fingerprint density at radius 1 is 1.22 bits per heavy atom. The van der Waals surface area contributed by atoms with E-state index in [1.165, 1.54) is 18.9 Å². The summed E-state index contributed by atoms with van der Waals surface area (Å²) >= 11 is 1.19. The number of H-pyrrole nitrogens is 1. The predicted octanol–water partition coefficient (Wildman–Crippen LogP) is 2.28. The Bertz CT molecular complexity index is 761. The number of carbonyl (C=O) groups is 2. The van der Waals surface area contributed by atoms with Crippen LogP contribution < -0.4 is 10.1 Å². The molecule has 1 heterocycles. The third-order valence-corrected chi connectivity index (χ3v) is 4.54. The smallest absolute Gasteiger partial charge is 0.328 e. The zero-order valence-corrected chi connectivity index (χ0v) is 16.6. The minimum atomic E-state index is -0.648. The standard InChI is InChI=1S/C18H24N4O4S/c1-11(2)9-14(17(24)26-4)19-15(23)10-27-18-20-16(21-22-18)12-5-7-13(25-3)8-6-12/h5-8,11,14H,9-10H2,1-4H3,(H,19,23)(H,20,21,22)/t14-/m1/s1. The highest BCUT2D eigenvalue weighted by molar-refractivity contribution is 7.99. The van der Waals surface area contributed by atoms with Crippen molar-refractivity contribution in [3.05, 3.63) is 24.3 Å². The molecule has 8 nitrogen and oxygen atoms in total. The third kappa shape index (κ3) is 6.28. The number of aromatic amines is 1. The van der Waals surface area contributed by atoms with Gasteiger partial charge in [0, 0.05) is 5.56 Å². The third-order valence-electron chi connectivity index (χ3n) is 3.69. The highest BCUT2D eigenvalue weighted by Gasteiger charge is 2.22. The second kappa shape index (κ2) is 9.96. The molecule has 9 heteroatoms. The van der Waals surface area contributed by atoms with Crippen molar-refractivity contribution in [1.82, 2.24) is 20.5 Å². The molecule has 0 saturated carbocycles. The van der Waals surface area contributed by atoms with E-state index in [-0.39, 0.29) is 17.6 Å². The molecule has 0 saturated heterocycles. The number of ether oxygens (including phenoxy) is 2. The van der Waals surface area contributed by atoms with Gasteiger partial charge in [-0.05, 0) is 36.6 Å². The van der Waals surface area contributed by atoms with Crippen molar-refractivity contribution in [1.29, 1.82) is 0 Å². The summed E-state index contributed by atoms with van der Waals surface area (Å²) in [5, 5.41) is 10.1. The highest BCUT2D eigenvalue weighted by Crippen LogP contribution is 2.21. The molecule has 0 unspecified atom stereocenters. The molecule has 0 aliphatic rings. The van der Waals surface area contributed by atoms with Crippen LogP contribution in [0.25, 0.3) is 11.4 Å².